The first kappa shape index (κ1) is 22.1. The van der Waals surface area contributed by atoms with E-state index in [2.05, 4.69) is 131 Å². The van der Waals surface area contributed by atoms with Gasteiger partial charge < -0.3 is 9.31 Å². The number of rotatable bonds is 3. The molecule has 1 heterocycles. The van der Waals surface area contributed by atoms with Crippen molar-refractivity contribution < 1.29 is 9.31 Å². The third-order valence-electron chi connectivity index (χ3n) is 7.67. The second-order valence-electron chi connectivity index (χ2n) is 10.6. The van der Waals surface area contributed by atoms with Gasteiger partial charge in [-0.05, 0) is 95.2 Å². The van der Waals surface area contributed by atoms with Gasteiger partial charge in [0, 0.05) is 0 Å². The molecule has 0 spiro atoms. The van der Waals surface area contributed by atoms with Crippen molar-refractivity contribution in [1.29, 1.82) is 0 Å². The Balaban J connectivity index is 1.30. The van der Waals surface area contributed by atoms with Crippen LogP contribution in [0.15, 0.2) is 103 Å². The zero-order chi connectivity index (χ0) is 24.2. The van der Waals surface area contributed by atoms with Crippen LogP contribution in [0.3, 0.4) is 0 Å². The Morgan fingerprint density at radius 3 is 1.40 bits per heavy atom. The van der Waals surface area contributed by atoms with Crippen LogP contribution in [0.2, 0.25) is 0 Å². The lowest BCUT2D eigenvalue weighted by Gasteiger charge is -2.32. The van der Waals surface area contributed by atoms with E-state index in [1.54, 1.807) is 0 Å². The molecular formula is C32H29BO2. The van der Waals surface area contributed by atoms with Gasteiger partial charge in [-0.15, -0.1) is 0 Å². The topological polar surface area (TPSA) is 18.5 Å². The van der Waals surface area contributed by atoms with Crippen LogP contribution >= 0.6 is 0 Å². The Hall–Kier alpha value is -3.40. The Bertz CT molecular complexity index is 1540. The molecule has 1 saturated heterocycles. The summed E-state index contributed by atoms with van der Waals surface area (Å²) in [5, 5.41) is 4.90. The first-order valence-corrected chi connectivity index (χ1v) is 12.3. The molecule has 35 heavy (non-hydrogen) atoms. The Morgan fingerprint density at radius 2 is 0.886 bits per heavy atom. The minimum atomic E-state index is -0.342. The summed E-state index contributed by atoms with van der Waals surface area (Å²) in [6.45, 7) is 8.36. The SMILES string of the molecule is CC1(C)OB(c2ccc3cc(-c4ccc5cc(-c6ccccc6)ccc5c4)ccc3c2)OC1(C)C. The highest BCUT2D eigenvalue weighted by Gasteiger charge is 2.51. The molecule has 0 aromatic heterocycles. The molecule has 3 heteroatoms. The van der Waals surface area contributed by atoms with E-state index in [0.717, 1.165) is 5.46 Å². The van der Waals surface area contributed by atoms with Crippen molar-refractivity contribution in [1.82, 2.24) is 0 Å². The van der Waals surface area contributed by atoms with E-state index in [4.69, 9.17) is 9.31 Å². The molecular weight excluding hydrogens is 427 g/mol. The Kier molecular flexibility index (Phi) is 5.10. The second-order valence-corrected chi connectivity index (χ2v) is 10.6. The Morgan fingerprint density at radius 1 is 0.457 bits per heavy atom. The van der Waals surface area contributed by atoms with Crippen LogP contribution in [0.25, 0.3) is 43.8 Å². The van der Waals surface area contributed by atoms with Crippen LogP contribution in [0.4, 0.5) is 0 Å². The van der Waals surface area contributed by atoms with Crippen molar-refractivity contribution in [2.75, 3.05) is 0 Å². The monoisotopic (exact) mass is 456 g/mol. The lowest BCUT2D eigenvalue weighted by Crippen LogP contribution is -2.41. The van der Waals surface area contributed by atoms with Crippen LogP contribution < -0.4 is 5.46 Å². The smallest absolute Gasteiger partial charge is 0.399 e. The van der Waals surface area contributed by atoms with Gasteiger partial charge in [0.15, 0.2) is 0 Å². The minimum absolute atomic E-state index is 0.339. The van der Waals surface area contributed by atoms with E-state index in [1.807, 2.05) is 0 Å². The van der Waals surface area contributed by atoms with E-state index < -0.39 is 0 Å². The van der Waals surface area contributed by atoms with Gasteiger partial charge in [-0.2, -0.15) is 0 Å². The predicted molar refractivity (Wildman–Crippen MR) is 148 cm³/mol. The third-order valence-corrected chi connectivity index (χ3v) is 7.67. The van der Waals surface area contributed by atoms with Gasteiger partial charge >= 0.3 is 7.12 Å². The van der Waals surface area contributed by atoms with E-state index >= 15 is 0 Å². The fraction of sp³-hybridized carbons (Fsp3) is 0.188. The highest BCUT2D eigenvalue weighted by atomic mass is 16.7. The van der Waals surface area contributed by atoms with Gasteiger partial charge in [0.2, 0.25) is 0 Å². The van der Waals surface area contributed by atoms with Crippen molar-refractivity contribution in [2.24, 2.45) is 0 Å². The van der Waals surface area contributed by atoms with Gasteiger partial charge in [-0.25, -0.2) is 0 Å². The van der Waals surface area contributed by atoms with Gasteiger partial charge in [-0.3, -0.25) is 0 Å². The summed E-state index contributed by atoms with van der Waals surface area (Å²) in [6.07, 6.45) is 0. The summed E-state index contributed by atoms with van der Waals surface area (Å²) >= 11 is 0. The van der Waals surface area contributed by atoms with Crippen molar-refractivity contribution in [2.45, 2.75) is 38.9 Å². The van der Waals surface area contributed by atoms with Crippen molar-refractivity contribution >= 4 is 34.1 Å². The second kappa shape index (κ2) is 8.08. The van der Waals surface area contributed by atoms with Crippen molar-refractivity contribution in [3.8, 4) is 22.3 Å². The normalized spacial score (nSPS) is 16.7. The van der Waals surface area contributed by atoms with E-state index in [-0.39, 0.29) is 18.3 Å². The lowest BCUT2D eigenvalue weighted by molar-refractivity contribution is 0.00578. The maximum atomic E-state index is 6.25. The average Bonchev–Trinajstić information content (AvgIpc) is 3.09. The minimum Gasteiger partial charge on any atom is -0.399 e. The molecule has 0 N–H and O–H groups in total. The molecule has 172 valence electrons. The molecule has 0 amide bonds. The maximum Gasteiger partial charge on any atom is 0.494 e. The van der Waals surface area contributed by atoms with Gasteiger partial charge in [0.05, 0.1) is 11.2 Å². The number of benzene rings is 5. The molecule has 0 radical (unpaired) electrons. The highest BCUT2D eigenvalue weighted by Crippen LogP contribution is 2.37. The predicted octanol–water partition coefficient (Wildman–Crippen LogP) is 7.63. The molecule has 5 aromatic rings. The van der Waals surface area contributed by atoms with E-state index in [9.17, 15) is 0 Å². The van der Waals surface area contributed by atoms with Crippen LogP contribution in [0.1, 0.15) is 27.7 Å². The number of fused-ring (bicyclic) bond motifs is 2. The average molecular weight is 456 g/mol. The van der Waals surface area contributed by atoms with Crippen LogP contribution in [0.5, 0.6) is 0 Å². The molecule has 0 atom stereocenters. The largest absolute Gasteiger partial charge is 0.494 e. The molecule has 1 aliphatic heterocycles. The highest BCUT2D eigenvalue weighted by molar-refractivity contribution is 6.62. The molecule has 1 aliphatic rings. The zero-order valence-electron chi connectivity index (χ0n) is 20.7. The van der Waals surface area contributed by atoms with Crippen LogP contribution in [-0.2, 0) is 9.31 Å². The maximum absolute atomic E-state index is 6.25. The summed E-state index contributed by atoms with van der Waals surface area (Å²) in [5.74, 6) is 0. The quantitative estimate of drug-likeness (QED) is 0.260. The van der Waals surface area contributed by atoms with Gasteiger partial charge in [0.25, 0.3) is 0 Å². The standard InChI is InChI=1S/C32H29BO2/c1-31(2)32(3,4)35-33(34-31)30-17-16-28-20-27(14-15-29(28)21-30)26-13-12-24-18-23(10-11-25(24)19-26)22-8-6-5-7-9-22/h5-21H,1-4H3. The molecule has 0 aliphatic carbocycles. The van der Waals surface area contributed by atoms with E-state index in [1.165, 1.54) is 43.8 Å². The summed E-state index contributed by atoms with van der Waals surface area (Å²) in [4.78, 5) is 0. The van der Waals surface area contributed by atoms with Crippen LogP contribution in [-0.4, -0.2) is 18.3 Å². The zero-order valence-corrected chi connectivity index (χ0v) is 20.7. The molecule has 6 rings (SSSR count). The summed E-state index contributed by atoms with van der Waals surface area (Å²) in [6, 6.07) is 37.1. The van der Waals surface area contributed by atoms with E-state index in [0.29, 0.717) is 0 Å². The van der Waals surface area contributed by atoms with Crippen molar-refractivity contribution in [3.05, 3.63) is 103 Å². The molecule has 5 aromatic carbocycles. The number of hydrogen-bond acceptors (Lipinski definition) is 2. The summed E-state index contributed by atoms with van der Waals surface area (Å²) in [5.41, 5.74) is 5.31. The van der Waals surface area contributed by atoms with Crippen LogP contribution in [0, 0.1) is 0 Å². The van der Waals surface area contributed by atoms with Gasteiger partial charge in [0.1, 0.15) is 0 Å². The lowest BCUT2D eigenvalue weighted by atomic mass is 9.78. The summed E-state index contributed by atoms with van der Waals surface area (Å²) < 4.78 is 12.5. The molecule has 0 unspecified atom stereocenters. The van der Waals surface area contributed by atoms with Gasteiger partial charge in [-0.1, -0.05) is 84.9 Å². The molecule has 1 fully saturated rings. The first-order chi connectivity index (χ1) is 16.8. The van der Waals surface area contributed by atoms with Crippen molar-refractivity contribution in [3.63, 3.8) is 0 Å². The third kappa shape index (κ3) is 3.95. The fourth-order valence-corrected chi connectivity index (χ4v) is 4.80. The number of hydrogen-bond donors (Lipinski definition) is 0. The molecule has 0 bridgehead atoms. The molecule has 0 saturated carbocycles. The Labute approximate surface area is 207 Å². The summed E-state index contributed by atoms with van der Waals surface area (Å²) in [7, 11) is -0.342. The fourth-order valence-electron chi connectivity index (χ4n) is 4.80. The molecule has 2 nitrogen and oxygen atoms in total. The first-order valence-electron chi connectivity index (χ1n) is 12.3.